The second kappa shape index (κ2) is 8.74. The minimum Gasteiger partial charge on any atom is -0.465 e. The van der Waals surface area contributed by atoms with E-state index in [9.17, 15) is 4.79 Å². The number of carbonyl (C=O) groups excluding carboxylic acids is 1. The molecule has 1 atom stereocenters. The lowest BCUT2D eigenvalue weighted by Crippen LogP contribution is -2.44. The Balaban J connectivity index is 1.81. The first-order chi connectivity index (χ1) is 10.2. The van der Waals surface area contributed by atoms with Crippen LogP contribution in [0.1, 0.15) is 65.2 Å². The molecule has 0 aromatic heterocycles. The molecular weight excluding hydrogens is 264 g/mol. The van der Waals surface area contributed by atoms with Gasteiger partial charge in [-0.2, -0.15) is 0 Å². The van der Waals surface area contributed by atoms with Crippen LogP contribution in [0, 0.1) is 0 Å². The summed E-state index contributed by atoms with van der Waals surface area (Å²) in [5.74, 6) is -0.0657. The summed E-state index contributed by atoms with van der Waals surface area (Å²) in [5.41, 5.74) is 0. The third-order valence-corrected chi connectivity index (χ3v) is 4.79. The molecule has 0 radical (unpaired) electrons. The van der Waals surface area contributed by atoms with Gasteiger partial charge in [0.1, 0.15) is 6.04 Å². The second-order valence-electron chi connectivity index (χ2n) is 6.45. The number of nitrogens with zero attached hydrogens (tertiary/aromatic N) is 1. The Morgan fingerprint density at radius 3 is 2.48 bits per heavy atom. The number of hydrogen-bond acceptors (Lipinski definition) is 4. The smallest absolute Gasteiger partial charge is 0.323 e. The fraction of sp³-hybridized carbons (Fsp3) is 0.941. The second-order valence-corrected chi connectivity index (χ2v) is 6.45. The van der Waals surface area contributed by atoms with Crippen molar-refractivity contribution < 1.29 is 9.53 Å². The molecule has 0 aromatic carbocycles. The lowest BCUT2D eigenvalue weighted by atomic mass is 9.94. The van der Waals surface area contributed by atoms with Crippen LogP contribution in [0.15, 0.2) is 0 Å². The van der Waals surface area contributed by atoms with Crippen LogP contribution >= 0.6 is 0 Å². The monoisotopic (exact) mass is 296 g/mol. The highest BCUT2D eigenvalue weighted by molar-refractivity contribution is 5.75. The summed E-state index contributed by atoms with van der Waals surface area (Å²) in [6.45, 7) is 6.69. The lowest BCUT2D eigenvalue weighted by molar-refractivity contribution is -0.146. The average Bonchev–Trinajstić information content (AvgIpc) is 3.32. The predicted molar refractivity (Wildman–Crippen MR) is 85.3 cm³/mol. The van der Waals surface area contributed by atoms with Gasteiger partial charge >= 0.3 is 5.97 Å². The van der Waals surface area contributed by atoms with Crippen molar-refractivity contribution in [2.75, 3.05) is 19.7 Å². The molecule has 4 heteroatoms. The Bertz CT molecular complexity index is 312. The third-order valence-electron chi connectivity index (χ3n) is 4.79. The Kier molecular flexibility index (Phi) is 6.97. The minimum atomic E-state index is -0.116. The molecule has 122 valence electrons. The fourth-order valence-electron chi connectivity index (χ4n) is 3.39. The van der Waals surface area contributed by atoms with Crippen LogP contribution in [0.3, 0.4) is 0 Å². The van der Waals surface area contributed by atoms with E-state index in [0.29, 0.717) is 12.6 Å². The first-order valence-corrected chi connectivity index (χ1v) is 8.91. The number of carbonyl (C=O) groups is 1. The molecule has 0 aliphatic heterocycles. The molecule has 0 amide bonds. The summed E-state index contributed by atoms with van der Waals surface area (Å²) in [6, 6.07) is 1.16. The zero-order chi connectivity index (χ0) is 15.1. The van der Waals surface area contributed by atoms with Gasteiger partial charge in [0.05, 0.1) is 6.61 Å². The molecule has 2 aliphatic rings. The normalized spacial score (nSPS) is 21.5. The van der Waals surface area contributed by atoms with Crippen molar-refractivity contribution in [3.8, 4) is 0 Å². The number of hydrogen-bond donors (Lipinski definition) is 1. The summed E-state index contributed by atoms with van der Waals surface area (Å²) in [6.07, 6.45) is 10.1. The predicted octanol–water partition coefficient (Wildman–Crippen LogP) is 2.71. The molecule has 0 saturated heterocycles. The maximum atomic E-state index is 12.1. The number of ether oxygens (including phenoxy) is 1. The van der Waals surface area contributed by atoms with Crippen molar-refractivity contribution in [2.24, 2.45) is 0 Å². The van der Waals surface area contributed by atoms with E-state index in [0.717, 1.165) is 25.6 Å². The molecule has 0 spiro atoms. The molecular formula is C17H32N2O2. The van der Waals surface area contributed by atoms with Crippen LogP contribution in [0.2, 0.25) is 0 Å². The lowest BCUT2D eigenvalue weighted by Gasteiger charge is -2.34. The summed E-state index contributed by atoms with van der Waals surface area (Å²) >= 11 is 0. The molecule has 2 fully saturated rings. The highest BCUT2D eigenvalue weighted by atomic mass is 16.5. The Hall–Kier alpha value is -0.610. The van der Waals surface area contributed by atoms with Crippen LogP contribution in [0.5, 0.6) is 0 Å². The first kappa shape index (κ1) is 16.8. The Morgan fingerprint density at radius 2 is 1.90 bits per heavy atom. The van der Waals surface area contributed by atoms with Gasteiger partial charge in [-0.15, -0.1) is 0 Å². The fourth-order valence-corrected chi connectivity index (χ4v) is 3.39. The van der Waals surface area contributed by atoms with Gasteiger partial charge in [-0.05, 0) is 45.6 Å². The standard InChI is InChI=1S/C17H32N2O2/c1-3-19(15-8-6-5-7-9-15)13-12-16(17(20)21-4-2)18-14-10-11-14/h14-16,18H,3-13H2,1-2H3. The molecule has 0 heterocycles. The van der Waals surface area contributed by atoms with Crippen LogP contribution in [-0.4, -0.2) is 48.7 Å². The SMILES string of the molecule is CCOC(=O)C(CCN(CC)C1CCCCC1)NC1CC1. The van der Waals surface area contributed by atoms with Crippen molar-refractivity contribution in [1.29, 1.82) is 0 Å². The maximum absolute atomic E-state index is 12.1. The van der Waals surface area contributed by atoms with E-state index in [2.05, 4.69) is 17.1 Å². The molecule has 0 bridgehead atoms. The van der Waals surface area contributed by atoms with E-state index < -0.39 is 0 Å². The summed E-state index contributed by atoms with van der Waals surface area (Å²) in [4.78, 5) is 14.6. The number of esters is 1. The number of nitrogens with one attached hydrogen (secondary N) is 1. The van der Waals surface area contributed by atoms with Crippen molar-refractivity contribution in [2.45, 2.75) is 83.3 Å². The Labute approximate surface area is 129 Å². The highest BCUT2D eigenvalue weighted by Gasteiger charge is 2.30. The molecule has 4 nitrogen and oxygen atoms in total. The average molecular weight is 296 g/mol. The molecule has 0 aromatic rings. The van der Waals surface area contributed by atoms with Gasteiger partial charge in [-0.25, -0.2) is 0 Å². The van der Waals surface area contributed by atoms with Gasteiger partial charge in [-0.1, -0.05) is 26.2 Å². The largest absolute Gasteiger partial charge is 0.465 e. The molecule has 1 unspecified atom stereocenters. The highest BCUT2D eigenvalue weighted by Crippen LogP contribution is 2.24. The Morgan fingerprint density at radius 1 is 1.19 bits per heavy atom. The van der Waals surface area contributed by atoms with Crippen molar-refractivity contribution in [3.63, 3.8) is 0 Å². The van der Waals surface area contributed by atoms with E-state index >= 15 is 0 Å². The first-order valence-electron chi connectivity index (χ1n) is 8.91. The van der Waals surface area contributed by atoms with Gasteiger partial charge in [-0.3, -0.25) is 4.79 Å². The molecule has 1 N–H and O–H groups in total. The van der Waals surface area contributed by atoms with Gasteiger partial charge in [0.15, 0.2) is 0 Å². The maximum Gasteiger partial charge on any atom is 0.323 e. The topological polar surface area (TPSA) is 41.6 Å². The zero-order valence-electron chi connectivity index (χ0n) is 13.8. The van der Waals surface area contributed by atoms with Gasteiger partial charge < -0.3 is 15.0 Å². The van der Waals surface area contributed by atoms with E-state index in [1.54, 1.807) is 0 Å². The van der Waals surface area contributed by atoms with Crippen molar-refractivity contribution in [1.82, 2.24) is 10.2 Å². The molecule has 2 saturated carbocycles. The van der Waals surface area contributed by atoms with Gasteiger partial charge in [0.2, 0.25) is 0 Å². The van der Waals surface area contributed by atoms with Crippen molar-refractivity contribution in [3.05, 3.63) is 0 Å². The quantitative estimate of drug-likeness (QED) is 0.664. The minimum absolute atomic E-state index is 0.0657. The molecule has 2 aliphatic carbocycles. The zero-order valence-corrected chi connectivity index (χ0v) is 13.8. The van der Waals surface area contributed by atoms with Crippen LogP contribution in [0.4, 0.5) is 0 Å². The molecule has 21 heavy (non-hydrogen) atoms. The van der Waals surface area contributed by atoms with E-state index in [-0.39, 0.29) is 12.0 Å². The molecule has 2 rings (SSSR count). The summed E-state index contributed by atoms with van der Waals surface area (Å²) in [5, 5.41) is 3.46. The third kappa shape index (κ3) is 5.59. The van der Waals surface area contributed by atoms with Crippen LogP contribution < -0.4 is 5.32 Å². The van der Waals surface area contributed by atoms with Gasteiger partial charge in [0.25, 0.3) is 0 Å². The van der Waals surface area contributed by atoms with Gasteiger partial charge in [0, 0.05) is 18.6 Å². The number of rotatable bonds is 9. The summed E-state index contributed by atoms with van der Waals surface area (Å²) in [7, 11) is 0. The van der Waals surface area contributed by atoms with Crippen molar-refractivity contribution >= 4 is 5.97 Å². The van der Waals surface area contributed by atoms with E-state index in [4.69, 9.17) is 4.74 Å². The van der Waals surface area contributed by atoms with Crippen LogP contribution in [-0.2, 0) is 9.53 Å². The van der Waals surface area contributed by atoms with E-state index in [1.165, 1.54) is 44.9 Å². The van der Waals surface area contributed by atoms with E-state index in [1.807, 2.05) is 6.92 Å². The summed E-state index contributed by atoms with van der Waals surface area (Å²) < 4.78 is 5.22. The van der Waals surface area contributed by atoms with Crippen LogP contribution in [0.25, 0.3) is 0 Å².